The van der Waals surface area contributed by atoms with Crippen LogP contribution in [-0.2, 0) is 24.2 Å². The number of H-pyrrole nitrogens is 1. The van der Waals surface area contributed by atoms with Crippen LogP contribution < -0.4 is 10.2 Å². The van der Waals surface area contributed by atoms with Gasteiger partial charge in [-0.05, 0) is 55.3 Å². The fraction of sp³-hybridized carbons (Fsp3) is 0.371. The van der Waals surface area contributed by atoms with Crippen molar-refractivity contribution in [2.45, 2.75) is 25.4 Å². The van der Waals surface area contributed by atoms with Crippen LogP contribution >= 0.6 is 0 Å². The highest BCUT2D eigenvalue weighted by Crippen LogP contribution is 2.31. The van der Waals surface area contributed by atoms with Gasteiger partial charge in [0.25, 0.3) is 0 Å². The van der Waals surface area contributed by atoms with Crippen molar-refractivity contribution < 1.29 is 9.59 Å². The molecule has 1 unspecified atom stereocenters. The molecule has 0 aliphatic carbocycles. The minimum atomic E-state index is -0.694. The molecule has 2 N–H and O–H groups in total. The molecular formula is C35H42N6O2. The Morgan fingerprint density at radius 3 is 2.44 bits per heavy atom. The van der Waals surface area contributed by atoms with Crippen molar-refractivity contribution in [2.24, 2.45) is 5.92 Å². The number of anilines is 1. The fourth-order valence-electron chi connectivity index (χ4n) is 6.63. The number of amides is 3. The molecule has 1 aromatic heterocycles. The summed E-state index contributed by atoms with van der Waals surface area (Å²) in [5.41, 5.74) is 5.46. The van der Waals surface area contributed by atoms with E-state index in [1.807, 2.05) is 58.5 Å². The number of fused-ring (bicyclic) bond motifs is 2. The van der Waals surface area contributed by atoms with Crippen LogP contribution in [0.4, 0.5) is 10.5 Å². The Balaban J connectivity index is 1.21. The van der Waals surface area contributed by atoms with Crippen LogP contribution in [0.15, 0.2) is 85.1 Å². The van der Waals surface area contributed by atoms with Crippen molar-refractivity contribution in [3.63, 3.8) is 0 Å². The van der Waals surface area contributed by atoms with E-state index in [-0.39, 0.29) is 11.9 Å². The van der Waals surface area contributed by atoms with E-state index in [1.54, 1.807) is 0 Å². The molecule has 224 valence electrons. The maximum absolute atomic E-state index is 14.5. The van der Waals surface area contributed by atoms with E-state index in [0.717, 1.165) is 54.8 Å². The molecular weight excluding hydrogens is 536 g/mol. The van der Waals surface area contributed by atoms with E-state index in [4.69, 9.17) is 0 Å². The lowest BCUT2D eigenvalue weighted by Gasteiger charge is -2.38. The lowest BCUT2D eigenvalue weighted by Crippen LogP contribution is -2.58. The molecule has 0 radical (unpaired) electrons. The van der Waals surface area contributed by atoms with Gasteiger partial charge in [0.1, 0.15) is 6.04 Å². The van der Waals surface area contributed by atoms with Crippen molar-refractivity contribution in [2.75, 3.05) is 58.3 Å². The van der Waals surface area contributed by atoms with Crippen molar-refractivity contribution in [1.82, 2.24) is 25.0 Å². The Morgan fingerprint density at radius 1 is 0.930 bits per heavy atom. The molecule has 8 nitrogen and oxygen atoms in total. The van der Waals surface area contributed by atoms with Crippen LogP contribution in [-0.4, -0.2) is 91.0 Å². The summed E-state index contributed by atoms with van der Waals surface area (Å²) >= 11 is 0. The summed E-state index contributed by atoms with van der Waals surface area (Å²) in [5, 5.41) is 4.27. The highest BCUT2D eigenvalue weighted by atomic mass is 16.2. The van der Waals surface area contributed by atoms with E-state index in [2.05, 4.69) is 70.6 Å². The summed E-state index contributed by atoms with van der Waals surface area (Å²) in [7, 11) is 4.15. The molecule has 2 atom stereocenters. The summed E-state index contributed by atoms with van der Waals surface area (Å²) in [6, 6.07) is 25.9. The minimum absolute atomic E-state index is 0.0581. The predicted molar refractivity (Wildman–Crippen MR) is 172 cm³/mol. The lowest BCUT2D eigenvalue weighted by molar-refractivity contribution is -0.120. The number of aromatic nitrogens is 1. The van der Waals surface area contributed by atoms with Crippen LogP contribution in [0.5, 0.6) is 0 Å². The average Bonchev–Trinajstić information content (AvgIpc) is 3.43. The van der Waals surface area contributed by atoms with Gasteiger partial charge in [0.15, 0.2) is 0 Å². The van der Waals surface area contributed by atoms with Gasteiger partial charge in [-0.15, -0.1) is 0 Å². The second-order valence-electron chi connectivity index (χ2n) is 12.2. The molecule has 2 aliphatic heterocycles. The first-order valence-electron chi connectivity index (χ1n) is 15.4. The third-order valence-electron chi connectivity index (χ3n) is 8.72. The molecule has 1 saturated heterocycles. The van der Waals surface area contributed by atoms with E-state index in [1.165, 1.54) is 11.1 Å². The zero-order valence-corrected chi connectivity index (χ0v) is 25.2. The molecule has 4 aromatic rings. The summed E-state index contributed by atoms with van der Waals surface area (Å²) in [4.78, 5) is 39.9. The number of carbonyl (C=O) groups is 2. The number of hydrogen-bond donors (Lipinski definition) is 2. The van der Waals surface area contributed by atoms with Crippen LogP contribution in [0.2, 0.25) is 0 Å². The Morgan fingerprint density at radius 2 is 1.65 bits per heavy atom. The first-order chi connectivity index (χ1) is 20.9. The van der Waals surface area contributed by atoms with Gasteiger partial charge >= 0.3 is 6.03 Å². The molecule has 3 heterocycles. The zero-order chi connectivity index (χ0) is 29.8. The molecule has 2 aliphatic rings. The summed E-state index contributed by atoms with van der Waals surface area (Å²) in [6.07, 6.45) is 3.32. The van der Waals surface area contributed by atoms with Crippen LogP contribution in [0.25, 0.3) is 10.9 Å². The monoisotopic (exact) mass is 578 g/mol. The van der Waals surface area contributed by atoms with E-state index >= 15 is 0 Å². The topological polar surface area (TPSA) is 74.9 Å². The smallest absolute Gasteiger partial charge is 0.318 e. The predicted octanol–water partition coefficient (Wildman–Crippen LogP) is 4.37. The lowest BCUT2D eigenvalue weighted by atomic mass is 9.91. The summed E-state index contributed by atoms with van der Waals surface area (Å²) in [6.45, 7) is 5.26. The zero-order valence-electron chi connectivity index (χ0n) is 25.2. The quantitative estimate of drug-likeness (QED) is 0.326. The van der Waals surface area contributed by atoms with Crippen molar-refractivity contribution in [1.29, 1.82) is 0 Å². The second-order valence-corrected chi connectivity index (χ2v) is 12.2. The number of para-hydroxylation sites is 2. The van der Waals surface area contributed by atoms with Gasteiger partial charge in [-0.3, -0.25) is 9.69 Å². The normalized spacial score (nSPS) is 18.1. The number of nitrogens with zero attached hydrogens (tertiary/aromatic N) is 4. The Kier molecular flexibility index (Phi) is 8.77. The van der Waals surface area contributed by atoms with E-state index in [9.17, 15) is 9.59 Å². The minimum Gasteiger partial charge on any atom is -0.361 e. The Labute approximate surface area is 254 Å². The van der Waals surface area contributed by atoms with E-state index in [0.29, 0.717) is 32.0 Å². The van der Waals surface area contributed by atoms with Crippen LogP contribution in [0, 0.1) is 5.92 Å². The SMILES string of the molecule is CN(C)CC1Cc2ccccc2N(C(=O)[C@@H](Cc2c[nH]c3ccccc23)NC(=O)N2CCN(Cc3ccccc3)CC2)C1. The summed E-state index contributed by atoms with van der Waals surface area (Å²) in [5.74, 6) is 0.258. The first-order valence-corrected chi connectivity index (χ1v) is 15.4. The van der Waals surface area contributed by atoms with Gasteiger partial charge in [0, 0.05) is 75.0 Å². The third-order valence-corrected chi connectivity index (χ3v) is 8.72. The van der Waals surface area contributed by atoms with Gasteiger partial charge in [-0.2, -0.15) is 0 Å². The van der Waals surface area contributed by atoms with Crippen LogP contribution in [0.3, 0.4) is 0 Å². The van der Waals surface area contributed by atoms with Crippen molar-refractivity contribution in [3.8, 4) is 0 Å². The largest absolute Gasteiger partial charge is 0.361 e. The molecule has 0 saturated carbocycles. The van der Waals surface area contributed by atoms with Crippen molar-refractivity contribution >= 4 is 28.5 Å². The maximum Gasteiger partial charge on any atom is 0.318 e. The Hall–Kier alpha value is -4.14. The number of carbonyl (C=O) groups excluding carboxylic acids is 2. The average molecular weight is 579 g/mol. The number of nitrogens with one attached hydrogen (secondary N) is 2. The van der Waals surface area contributed by atoms with Gasteiger partial charge < -0.3 is 25.0 Å². The van der Waals surface area contributed by atoms with Gasteiger partial charge in [-0.1, -0.05) is 66.7 Å². The number of benzene rings is 3. The van der Waals surface area contributed by atoms with Gasteiger partial charge in [-0.25, -0.2) is 4.79 Å². The standard InChI is InChI=1S/C35H42N6O2/c1-38(2)23-27-20-28-12-6-9-15-33(28)41(25-27)34(42)32(21-29-22-36-31-14-8-7-13-30(29)31)37-35(43)40-18-16-39(17-19-40)24-26-10-4-3-5-11-26/h3-15,22,27,32,36H,16-21,23-25H2,1-2H3,(H,37,43)/t27?,32-/m1/s1. The number of piperazine rings is 1. The van der Waals surface area contributed by atoms with Crippen molar-refractivity contribution in [3.05, 3.63) is 102 Å². The molecule has 0 spiro atoms. The molecule has 43 heavy (non-hydrogen) atoms. The number of hydrogen-bond acceptors (Lipinski definition) is 4. The third kappa shape index (κ3) is 6.76. The second kappa shape index (κ2) is 13.0. The number of aromatic amines is 1. The Bertz CT molecular complexity index is 1540. The molecule has 8 heteroatoms. The number of rotatable bonds is 8. The van der Waals surface area contributed by atoms with E-state index < -0.39 is 6.04 Å². The molecule has 6 rings (SSSR count). The van der Waals surface area contributed by atoms with Crippen LogP contribution in [0.1, 0.15) is 16.7 Å². The highest BCUT2D eigenvalue weighted by Gasteiger charge is 2.35. The highest BCUT2D eigenvalue weighted by molar-refractivity contribution is 6.00. The number of urea groups is 1. The molecule has 1 fully saturated rings. The van der Waals surface area contributed by atoms with Gasteiger partial charge in [0.05, 0.1) is 0 Å². The van der Waals surface area contributed by atoms with Gasteiger partial charge in [0.2, 0.25) is 5.91 Å². The maximum atomic E-state index is 14.5. The molecule has 0 bridgehead atoms. The first kappa shape index (κ1) is 29.0. The molecule has 3 aromatic carbocycles. The fourth-order valence-corrected chi connectivity index (χ4v) is 6.63. The summed E-state index contributed by atoms with van der Waals surface area (Å²) < 4.78 is 0. The molecule has 3 amide bonds.